The third-order valence-electron chi connectivity index (χ3n) is 4.63. The van der Waals surface area contributed by atoms with Gasteiger partial charge in [0.05, 0.1) is 0 Å². The second kappa shape index (κ2) is 9.90. The van der Waals surface area contributed by atoms with Crippen LogP contribution in [0.1, 0.15) is 25.3 Å². The number of anilines is 1. The highest BCUT2D eigenvalue weighted by atomic mass is 16.5. The number of hydrogen-bond donors (Lipinski definition) is 1. The fourth-order valence-corrected chi connectivity index (χ4v) is 3.12. The maximum absolute atomic E-state index is 12.0. The molecule has 0 spiro atoms. The molecule has 1 aliphatic rings. The summed E-state index contributed by atoms with van der Waals surface area (Å²) in [6, 6.07) is 17.3. The molecule has 1 N–H and O–H groups in total. The van der Waals surface area contributed by atoms with E-state index in [0.29, 0.717) is 26.3 Å². The molecule has 2 amide bonds. The molecule has 1 atom stereocenters. The van der Waals surface area contributed by atoms with Crippen LogP contribution < -0.4 is 15.0 Å². The number of carbonyl (C=O) groups excluding carboxylic acids is 2. The largest absolute Gasteiger partial charge is 0.489 e. The first-order valence-corrected chi connectivity index (χ1v) is 9.57. The predicted molar refractivity (Wildman–Crippen MR) is 107 cm³/mol. The van der Waals surface area contributed by atoms with E-state index in [4.69, 9.17) is 9.47 Å². The maximum Gasteiger partial charge on any atom is 0.249 e. The second-order valence-electron chi connectivity index (χ2n) is 6.73. The Bertz CT molecular complexity index is 771. The van der Waals surface area contributed by atoms with Crippen molar-refractivity contribution in [3.8, 4) is 5.75 Å². The molecule has 0 bridgehead atoms. The fourth-order valence-electron chi connectivity index (χ4n) is 3.12. The second-order valence-corrected chi connectivity index (χ2v) is 6.73. The van der Waals surface area contributed by atoms with Gasteiger partial charge < -0.3 is 19.7 Å². The Kier molecular flexibility index (Phi) is 7.03. The molecule has 0 saturated carbocycles. The van der Waals surface area contributed by atoms with Crippen LogP contribution in [0.5, 0.6) is 5.75 Å². The average molecular weight is 382 g/mol. The van der Waals surface area contributed by atoms with Crippen LogP contribution in [-0.2, 0) is 20.9 Å². The Balaban J connectivity index is 1.51. The van der Waals surface area contributed by atoms with Crippen LogP contribution >= 0.6 is 0 Å². The van der Waals surface area contributed by atoms with E-state index in [0.717, 1.165) is 29.8 Å². The smallest absolute Gasteiger partial charge is 0.249 e. The van der Waals surface area contributed by atoms with Crippen LogP contribution in [0.15, 0.2) is 54.6 Å². The average Bonchev–Trinajstić information content (AvgIpc) is 3.26. The van der Waals surface area contributed by atoms with E-state index in [1.807, 2.05) is 54.6 Å². The van der Waals surface area contributed by atoms with Crippen molar-refractivity contribution < 1.29 is 19.1 Å². The minimum Gasteiger partial charge on any atom is -0.489 e. The lowest BCUT2D eigenvalue weighted by atomic mass is 10.2. The minimum atomic E-state index is -0.355. The zero-order valence-electron chi connectivity index (χ0n) is 16.1. The molecule has 2 aromatic carbocycles. The highest BCUT2D eigenvalue weighted by Gasteiger charge is 2.23. The number of rotatable bonds is 8. The zero-order chi connectivity index (χ0) is 19.8. The van der Waals surface area contributed by atoms with Gasteiger partial charge in [-0.25, -0.2) is 0 Å². The Labute approximate surface area is 165 Å². The predicted octanol–water partition coefficient (Wildman–Crippen LogP) is 2.91. The molecular weight excluding hydrogens is 356 g/mol. The molecule has 28 heavy (non-hydrogen) atoms. The monoisotopic (exact) mass is 382 g/mol. The van der Waals surface area contributed by atoms with Gasteiger partial charge in [0.1, 0.15) is 18.5 Å². The number of hydrogen-bond acceptors (Lipinski definition) is 4. The van der Waals surface area contributed by atoms with Crippen molar-refractivity contribution in [1.29, 1.82) is 0 Å². The topological polar surface area (TPSA) is 67.9 Å². The summed E-state index contributed by atoms with van der Waals surface area (Å²) in [6.45, 7) is 3.42. The maximum atomic E-state index is 12.0. The van der Waals surface area contributed by atoms with Gasteiger partial charge in [0.2, 0.25) is 11.8 Å². The van der Waals surface area contributed by atoms with E-state index in [1.165, 1.54) is 6.92 Å². The van der Waals surface area contributed by atoms with Crippen molar-refractivity contribution in [2.45, 2.75) is 32.5 Å². The van der Waals surface area contributed by atoms with E-state index >= 15 is 0 Å². The fraction of sp³-hybridized carbons (Fsp3) is 0.364. The lowest BCUT2D eigenvalue weighted by Gasteiger charge is -2.22. The van der Waals surface area contributed by atoms with Crippen molar-refractivity contribution >= 4 is 17.5 Å². The standard InChI is InChI=1S/C22H26N2O4/c1-17(25)24(14-13-23-22(26)21-8-5-15-27-21)19-9-11-20(12-10-19)28-16-18-6-3-2-4-7-18/h2-4,6-7,9-12,21H,5,8,13-16H2,1H3,(H,23,26). The van der Waals surface area contributed by atoms with E-state index in [-0.39, 0.29) is 17.9 Å². The molecule has 1 saturated heterocycles. The number of carbonyl (C=O) groups is 2. The van der Waals surface area contributed by atoms with Crippen LogP contribution in [0.2, 0.25) is 0 Å². The first-order valence-electron chi connectivity index (χ1n) is 9.57. The summed E-state index contributed by atoms with van der Waals surface area (Å²) < 4.78 is 11.1. The summed E-state index contributed by atoms with van der Waals surface area (Å²) >= 11 is 0. The summed E-state index contributed by atoms with van der Waals surface area (Å²) in [5, 5.41) is 2.85. The van der Waals surface area contributed by atoms with E-state index < -0.39 is 0 Å². The molecular formula is C22H26N2O4. The van der Waals surface area contributed by atoms with Gasteiger partial charge in [-0.2, -0.15) is 0 Å². The lowest BCUT2D eigenvalue weighted by Crippen LogP contribution is -2.41. The normalized spacial score (nSPS) is 15.8. The molecule has 1 fully saturated rings. The molecule has 1 heterocycles. The Morgan fingerprint density at radius 2 is 1.89 bits per heavy atom. The molecule has 0 radical (unpaired) electrons. The Morgan fingerprint density at radius 3 is 2.54 bits per heavy atom. The molecule has 0 aliphatic carbocycles. The summed E-state index contributed by atoms with van der Waals surface area (Å²) in [5.41, 5.74) is 1.87. The summed E-state index contributed by atoms with van der Waals surface area (Å²) in [6.07, 6.45) is 1.31. The van der Waals surface area contributed by atoms with Crippen LogP contribution in [0.25, 0.3) is 0 Å². The minimum absolute atomic E-state index is 0.0793. The zero-order valence-corrected chi connectivity index (χ0v) is 16.1. The van der Waals surface area contributed by atoms with Gasteiger partial charge in [-0.1, -0.05) is 30.3 Å². The molecule has 6 heteroatoms. The highest BCUT2D eigenvalue weighted by molar-refractivity contribution is 5.91. The third-order valence-corrected chi connectivity index (χ3v) is 4.63. The van der Waals surface area contributed by atoms with E-state index in [2.05, 4.69) is 5.32 Å². The third kappa shape index (κ3) is 5.57. The molecule has 2 aromatic rings. The van der Waals surface area contributed by atoms with Crippen LogP contribution in [0.4, 0.5) is 5.69 Å². The first kappa shape index (κ1) is 19.9. The van der Waals surface area contributed by atoms with Gasteiger partial charge in [-0.15, -0.1) is 0 Å². The quantitative estimate of drug-likeness (QED) is 0.762. The summed E-state index contributed by atoms with van der Waals surface area (Å²) in [5.74, 6) is 0.553. The Hall–Kier alpha value is -2.86. The highest BCUT2D eigenvalue weighted by Crippen LogP contribution is 2.20. The van der Waals surface area contributed by atoms with Crippen LogP contribution in [0, 0.1) is 0 Å². The van der Waals surface area contributed by atoms with Gasteiger partial charge >= 0.3 is 0 Å². The van der Waals surface area contributed by atoms with E-state index in [1.54, 1.807) is 4.90 Å². The SMILES string of the molecule is CC(=O)N(CCNC(=O)C1CCCO1)c1ccc(OCc2ccccc2)cc1. The van der Waals surface area contributed by atoms with Crippen LogP contribution in [-0.4, -0.2) is 37.6 Å². The van der Waals surface area contributed by atoms with Gasteiger partial charge in [-0.05, 0) is 42.7 Å². The molecule has 148 valence electrons. The first-order chi connectivity index (χ1) is 13.6. The van der Waals surface area contributed by atoms with Crippen LogP contribution in [0.3, 0.4) is 0 Å². The molecule has 3 rings (SSSR count). The number of nitrogens with zero attached hydrogens (tertiary/aromatic N) is 1. The van der Waals surface area contributed by atoms with Crippen molar-refractivity contribution in [2.24, 2.45) is 0 Å². The van der Waals surface area contributed by atoms with Gasteiger partial charge in [0, 0.05) is 32.3 Å². The Morgan fingerprint density at radius 1 is 1.14 bits per heavy atom. The van der Waals surface area contributed by atoms with Gasteiger partial charge in [0.25, 0.3) is 0 Å². The lowest BCUT2D eigenvalue weighted by molar-refractivity contribution is -0.130. The van der Waals surface area contributed by atoms with Crippen molar-refractivity contribution in [3.63, 3.8) is 0 Å². The van der Waals surface area contributed by atoms with Crippen molar-refractivity contribution in [2.75, 3.05) is 24.6 Å². The molecule has 1 unspecified atom stereocenters. The van der Waals surface area contributed by atoms with E-state index in [9.17, 15) is 9.59 Å². The summed E-state index contributed by atoms with van der Waals surface area (Å²) in [4.78, 5) is 25.7. The molecule has 6 nitrogen and oxygen atoms in total. The number of amides is 2. The number of benzene rings is 2. The van der Waals surface area contributed by atoms with Crippen molar-refractivity contribution in [3.05, 3.63) is 60.2 Å². The number of ether oxygens (including phenoxy) is 2. The van der Waals surface area contributed by atoms with Gasteiger partial charge in [-0.3, -0.25) is 9.59 Å². The molecule has 1 aliphatic heterocycles. The molecule has 0 aromatic heterocycles. The van der Waals surface area contributed by atoms with Crippen molar-refractivity contribution in [1.82, 2.24) is 5.32 Å². The summed E-state index contributed by atoms with van der Waals surface area (Å²) in [7, 11) is 0. The number of nitrogens with one attached hydrogen (secondary N) is 1. The van der Waals surface area contributed by atoms with Gasteiger partial charge in [0.15, 0.2) is 0 Å².